The van der Waals surface area contributed by atoms with Crippen LogP contribution in [0.1, 0.15) is 21.7 Å². The summed E-state index contributed by atoms with van der Waals surface area (Å²) < 4.78 is 34.0. The minimum Gasteiger partial charge on any atom is -0.475 e. The van der Waals surface area contributed by atoms with Gasteiger partial charge in [0, 0.05) is 21.1 Å². The van der Waals surface area contributed by atoms with Gasteiger partial charge in [0.05, 0.1) is 4.90 Å². The van der Waals surface area contributed by atoms with Crippen LogP contribution in [0.3, 0.4) is 0 Å². The molecule has 3 rings (SSSR count). The number of benzene rings is 2. The first-order valence-corrected chi connectivity index (χ1v) is 10.3. The molecule has 0 fully saturated rings. The monoisotopic (exact) mass is 485 g/mol. The highest BCUT2D eigenvalue weighted by Gasteiger charge is 2.20. The summed E-state index contributed by atoms with van der Waals surface area (Å²) in [5.41, 5.74) is 1.79. The van der Waals surface area contributed by atoms with Crippen LogP contribution in [0, 0.1) is 10.5 Å². The number of hydrogen-bond donors (Lipinski definition) is 2. The molecule has 0 unspecified atom stereocenters. The molecule has 6 nitrogen and oxygen atoms in total. The fraction of sp³-hybridized carbons (Fsp3) is 0.167. The van der Waals surface area contributed by atoms with Gasteiger partial charge in [-0.1, -0.05) is 12.1 Å². The quantitative estimate of drug-likeness (QED) is 0.521. The molecule has 0 amide bonds. The smallest absolute Gasteiger partial charge is 0.372 e. The van der Waals surface area contributed by atoms with Crippen molar-refractivity contribution in [2.75, 3.05) is 6.54 Å². The zero-order valence-corrected chi connectivity index (χ0v) is 16.8. The number of furan rings is 1. The van der Waals surface area contributed by atoms with Gasteiger partial charge in [0.25, 0.3) is 0 Å². The van der Waals surface area contributed by atoms with E-state index in [0.29, 0.717) is 23.0 Å². The first-order chi connectivity index (χ1) is 12.3. The Morgan fingerprint density at radius 2 is 1.88 bits per heavy atom. The van der Waals surface area contributed by atoms with Crippen molar-refractivity contribution in [1.82, 2.24) is 4.72 Å². The van der Waals surface area contributed by atoms with E-state index in [4.69, 9.17) is 9.52 Å². The van der Waals surface area contributed by atoms with E-state index in [9.17, 15) is 13.2 Å². The summed E-state index contributed by atoms with van der Waals surface area (Å²) in [6, 6.07) is 12.2. The molecule has 2 N–H and O–H groups in total. The maximum Gasteiger partial charge on any atom is 0.372 e. The first-order valence-electron chi connectivity index (χ1n) is 7.78. The molecular weight excluding hydrogens is 469 g/mol. The standard InChI is InChI=1S/C18H16INO5S/c1-11-15-10-14(6-7-16(15)25-17(11)18(21)22)26(23,24)20-9-8-12-2-4-13(19)5-3-12/h2-7,10,20H,8-9H2,1H3,(H,21,22). The average molecular weight is 485 g/mol. The molecule has 0 aliphatic rings. The highest BCUT2D eigenvalue weighted by molar-refractivity contribution is 14.1. The highest BCUT2D eigenvalue weighted by atomic mass is 127. The number of fused-ring (bicyclic) bond motifs is 1. The summed E-state index contributed by atoms with van der Waals surface area (Å²) in [5.74, 6) is -1.36. The number of carboxylic acids is 1. The first kappa shape index (κ1) is 18.9. The van der Waals surface area contributed by atoms with Crippen molar-refractivity contribution in [1.29, 1.82) is 0 Å². The Morgan fingerprint density at radius 3 is 2.54 bits per heavy atom. The molecule has 0 saturated heterocycles. The van der Waals surface area contributed by atoms with Crippen molar-refractivity contribution >= 4 is 49.6 Å². The molecule has 0 aliphatic heterocycles. The van der Waals surface area contributed by atoms with E-state index in [-0.39, 0.29) is 17.2 Å². The fourth-order valence-corrected chi connectivity index (χ4v) is 4.05. The molecule has 0 aliphatic carbocycles. The van der Waals surface area contributed by atoms with Gasteiger partial charge in [0.1, 0.15) is 5.58 Å². The van der Waals surface area contributed by atoms with Gasteiger partial charge in [-0.25, -0.2) is 17.9 Å². The third-order valence-electron chi connectivity index (χ3n) is 4.03. The summed E-state index contributed by atoms with van der Waals surface area (Å²) in [6.07, 6.45) is 0.576. The Labute approximate surface area is 164 Å². The lowest BCUT2D eigenvalue weighted by Gasteiger charge is -2.07. The van der Waals surface area contributed by atoms with Crippen LogP contribution in [0.15, 0.2) is 51.8 Å². The van der Waals surface area contributed by atoms with Crippen molar-refractivity contribution in [2.45, 2.75) is 18.2 Å². The molecule has 8 heteroatoms. The number of aryl methyl sites for hydroxylation is 1. The summed E-state index contributed by atoms with van der Waals surface area (Å²) in [5, 5.41) is 9.59. The van der Waals surface area contributed by atoms with Gasteiger partial charge in [0.15, 0.2) is 0 Å². The molecule has 3 aromatic rings. The Kier molecular flexibility index (Phi) is 5.35. The van der Waals surface area contributed by atoms with Crippen molar-refractivity contribution in [3.8, 4) is 0 Å². The predicted molar refractivity (Wildman–Crippen MR) is 106 cm³/mol. The number of carbonyl (C=O) groups is 1. The van der Waals surface area contributed by atoms with Crippen LogP contribution in [-0.4, -0.2) is 26.0 Å². The number of rotatable bonds is 6. The Bertz CT molecular complexity index is 1070. The lowest BCUT2D eigenvalue weighted by molar-refractivity contribution is 0.0664. The van der Waals surface area contributed by atoms with Gasteiger partial charge in [0.2, 0.25) is 15.8 Å². The molecule has 0 saturated carbocycles. The maximum absolute atomic E-state index is 12.5. The SMILES string of the molecule is Cc1c(C(=O)O)oc2ccc(S(=O)(=O)NCCc3ccc(I)cc3)cc12. The number of halogens is 1. The average Bonchev–Trinajstić information content (AvgIpc) is 2.93. The largest absolute Gasteiger partial charge is 0.475 e. The topological polar surface area (TPSA) is 96.6 Å². The van der Waals surface area contributed by atoms with Crippen molar-refractivity contribution in [3.63, 3.8) is 0 Å². The minimum atomic E-state index is -3.70. The second kappa shape index (κ2) is 7.37. The maximum atomic E-state index is 12.5. The second-order valence-corrected chi connectivity index (χ2v) is 8.81. The minimum absolute atomic E-state index is 0.0773. The number of carboxylic acid groups (broad SMARTS) is 1. The molecule has 2 aromatic carbocycles. The molecular formula is C18H16INO5S. The van der Waals surface area contributed by atoms with E-state index in [1.165, 1.54) is 18.2 Å². The van der Waals surface area contributed by atoms with E-state index < -0.39 is 16.0 Å². The van der Waals surface area contributed by atoms with Gasteiger partial charge < -0.3 is 9.52 Å². The summed E-state index contributed by atoms with van der Waals surface area (Å²) >= 11 is 2.21. The number of nitrogens with one attached hydrogen (secondary N) is 1. The Balaban J connectivity index is 1.79. The van der Waals surface area contributed by atoms with E-state index >= 15 is 0 Å². The predicted octanol–water partition coefficient (Wildman–Crippen LogP) is 3.57. The Morgan fingerprint density at radius 1 is 1.19 bits per heavy atom. The van der Waals surface area contributed by atoms with E-state index in [2.05, 4.69) is 27.3 Å². The van der Waals surface area contributed by atoms with Crippen molar-refractivity contribution in [3.05, 3.63) is 62.9 Å². The van der Waals surface area contributed by atoms with Crippen LogP contribution < -0.4 is 4.72 Å². The molecule has 0 bridgehead atoms. The van der Waals surface area contributed by atoms with Crippen LogP contribution >= 0.6 is 22.6 Å². The van der Waals surface area contributed by atoms with E-state index in [0.717, 1.165) is 9.13 Å². The van der Waals surface area contributed by atoms with Gasteiger partial charge in [-0.15, -0.1) is 0 Å². The van der Waals surface area contributed by atoms with Gasteiger partial charge in [-0.05, 0) is 71.8 Å². The zero-order valence-electron chi connectivity index (χ0n) is 13.8. The van der Waals surface area contributed by atoms with E-state index in [1.54, 1.807) is 6.92 Å². The van der Waals surface area contributed by atoms with Crippen molar-refractivity contribution in [2.24, 2.45) is 0 Å². The normalized spacial score (nSPS) is 11.8. The highest BCUT2D eigenvalue weighted by Crippen LogP contribution is 2.27. The van der Waals surface area contributed by atoms with Crippen LogP contribution in [0.5, 0.6) is 0 Å². The molecule has 0 radical (unpaired) electrons. The number of sulfonamides is 1. The third-order valence-corrected chi connectivity index (χ3v) is 6.21. The van der Waals surface area contributed by atoms with Crippen molar-refractivity contribution < 1.29 is 22.7 Å². The zero-order chi connectivity index (χ0) is 18.9. The molecule has 1 heterocycles. The van der Waals surface area contributed by atoms with Gasteiger partial charge in [-0.3, -0.25) is 0 Å². The molecule has 136 valence electrons. The lowest BCUT2D eigenvalue weighted by atomic mass is 10.1. The second-order valence-electron chi connectivity index (χ2n) is 5.79. The van der Waals surface area contributed by atoms with Crippen LogP contribution in [0.4, 0.5) is 0 Å². The lowest BCUT2D eigenvalue weighted by Crippen LogP contribution is -2.26. The molecule has 0 spiro atoms. The number of aromatic carboxylic acids is 1. The molecule has 1 aromatic heterocycles. The fourth-order valence-electron chi connectivity index (χ4n) is 2.64. The van der Waals surface area contributed by atoms with Crippen LogP contribution in [-0.2, 0) is 16.4 Å². The summed E-state index contributed by atoms with van der Waals surface area (Å²) in [6.45, 7) is 1.86. The Hall–Kier alpha value is -1.91. The summed E-state index contributed by atoms with van der Waals surface area (Å²) in [4.78, 5) is 11.2. The molecule has 26 heavy (non-hydrogen) atoms. The third kappa shape index (κ3) is 3.92. The molecule has 0 atom stereocenters. The van der Waals surface area contributed by atoms with Gasteiger partial charge >= 0.3 is 5.97 Å². The van der Waals surface area contributed by atoms with Gasteiger partial charge in [-0.2, -0.15) is 0 Å². The van der Waals surface area contributed by atoms with Crippen LogP contribution in [0.2, 0.25) is 0 Å². The van der Waals surface area contributed by atoms with Crippen LogP contribution in [0.25, 0.3) is 11.0 Å². The number of hydrogen-bond acceptors (Lipinski definition) is 4. The van der Waals surface area contributed by atoms with E-state index in [1.807, 2.05) is 24.3 Å². The summed E-state index contributed by atoms with van der Waals surface area (Å²) in [7, 11) is -3.70.